The normalized spacial score (nSPS) is 12.7. The van der Waals surface area contributed by atoms with Crippen molar-refractivity contribution in [3.8, 4) is 0 Å². The Morgan fingerprint density at radius 3 is 2.40 bits per heavy atom. The average molecular weight is 280 g/mol. The van der Waals surface area contributed by atoms with Gasteiger partial charge in [0.05, 0.1) is 0 Å². The molecule has 0 atom stereocenters. The van der Waals surface area contributed by atoms with Crippen LogP contribution in [-0.2, 0) is 11.2 Å². The van der Waals surface area contributed by atoms with Gasteiger partial charge in [0, 0.05) is 18.1 Å². The van der Waals surface area contributed by atoms with Gasteiger partial charge in [0.25, 0.3) is 0 Å². The van der Waals surface area contributed by atoms with Crippen molar-refractivity contribution >= 4 is 16.7 Å². The number of benzene rings is 2. The highest BCUT2D eigenvalue weighted by Crippen LogP contribution is 2.30. The first-order valence-corrected chi connectivity index (χ1v) is 5.85. The van der Waals surface area contributed by atoms with Crippen molar-refractivity contribution in [1.29, 1.82) is 0 Å². The van der Waals surface area contributed by atoms with Crippen LogP contribution in [-0.4, -0.2) is 17.3 Å². The Morgan fingerprint density at radius 2 is 1.75 bits per heavy atom. The van der Waals surface area contributed by atoms with Gasteiger partial charge in [-0.25, -0.2) is 4.79 Å². The molecule has 0 bridgehead atoms. The molecule has 0 amide bonds. The lowest BCUT2D eigenvalue weighted by Crippen LogP contribution is -2.16. The molecule has 0 fully saturated rings. The maximum Gasteiger partial charge on any atom is 0.413 e. The van der Waals surface area contributed by atoms with Gasteiger partial charge in [-0.2, -0.15) is 13.2 Å². The molecule has 0 saturated heterocycles. The summed E-state index contributed by atoms with van der Waals surface area (Å²) in [6.07, 6.45) is -4.89. The van der Waals surface area contributed by atoms with Crippen molar-refractivity contribution in [2.75, 3.05) is 0 Å². The number of carbonyl (C=O) groups is 1. The summed E-state index contributed by atoms with van der Waals surface area (Å²) in [5, 5.41) is 10.1. The predicted octanol–water partition coefficient (Wildman–Crippen LogP) is 3.96. The average Bonchev–Trinajstić information content (AvgIpc) is 2.37. The molecule has 20 heavy (non-hydrogen) atoms. The van der Waals surface area contributed by atoms with E-state index in [4.69, 9.17) is 5.11 Å². The summed E-state index contributed by atoms with van der Waals surface area (Å²) in [5.74, 6) is -1.60. The maximum atomic E-state index is 12.8. The van der Waals surface area contributed by atoms with Gasteiger partial charge < -0.3 is 5.11 Å². The molecule has 0 heterocycles. The Hall–Kier alpha value is -2.30. The van der Waals surface area contributed by atoms with Crippen LogP contribution in [0.5, 0.6) is 0 Å². The van der Waals surface area contributed by atoms with Crippen LogP contribution in [0.2, 0.25) is 0 Å². The third-order valence-corrected chi connectivity index (χ3v) is 2.92. The summed E-state index contributed by atoms with van der Waals surface area (Å²) in [5.41, 5.74) is -0.616. The number of fused-ring (bicyclic) bond motifs is 1. The van der Waals surface area contributed by atoms with Crippen LogP contribution in [0.3, 0.4) is 0 Å². The van der Waals surface area contributed by atoms with E-state index >= 15 is 0 Å². The third-order valence-electron chi connectivity index (χ3n) is 2.92. The standard InChI is InChI=1S/C15H11F3O2/c16-15(17,18)12(9-14(19)20)8-11-6-3-5-10-4-1-2-7-13(10)11/h1-7,9H,8H2,(H,19,20)/b12-9+. The van der Waals surface area contributed by atoms with E-state index in [-0.39, 0.29) is 6.08 Å². The first-order chi connectivity index (χ1) is 9.38. The molecular weight excluding hydrogens is 269 g/mol. The minimum atomic E-state index is -4.66. The van der Waals surface area contributed by atoms with Gasteiger partial charge in [-0.05, 0) is 16.3 Å². The van der Waals surface area contributed by atoms with Crippen molar-refractivity contribution < 1.29 is 23.1 Å². The van der Waals surface area contributed by atoms with Crippen molar-refractivity contribution in [2.45, 2.75) is 12.6 Å². The summed E-state index contributed by atoms with van der Waals surface area (Å²) in [7, 11) is 0. The zero-order chi connectivity index (χ0) is 14.8. The number of carboxylic acid groups (broad SMARTS) is 1. The van der Waals surface area contributed by atoms with Crippen molar-refractivity contribution in [3.05, 3.63) is 59.7 Å². The summed E-state index contributed by atoms with van der Waals surface area (Å²) in [4.78, 5) is 10.5. The van der Waals surface area contributed by atoms with E-state index < -0.39 is 24.1 Å². The Kier molecular flexibility index (Phi) is 3.79. The van der Waals surface area contributed by atoms with Crippen LogP contribution in [0.15, 0.2) is 54.1 Å². The number of carboxylic acids is 1. The molecule has 104 valence electrons. The molecule has 5 heteroatoms. The van der Waals surface area contributed by atoms with E-state index in [2.05, 4.69) is 0 Å². The Morgan fingerprint density at radius 1 is 1.10 bits per heavy atom. The molecule has 0 spiro atoms. The molecule has 1 N–H and O–H groups in total. The maximum absolute atomic E-state index is 12.8. The van der Waals surface area contributed by atoms with E-state index in [1.807, 2.05) is 0 Å². The van der Waals surface area contributed by atoms with Gasteiger partial charge in [-0.1, -0.05) is 42.5 Å². The second-order valence-electron chi connectivity index (χ2n) is 4.32. The first kappa shape index (κ1) is 14.1. The zero-order valence-electron chi connectivity index (χ0n) is 10.3. The lowest BCUT2D eigenvalue weighted by atomic mass is 9.98. The smallest absolute Gasteiger partial charge is 0.413 e. The third kappa shape index (κ3) is 3.17. The first-order valence-electron chi connectivity index (χ1n) is 5.85. The number of halogens is 3. The number of allylic oxidation sites excluding steroid dienone is 1. The number of hydrogen-bond donors (Lipinski definition) is 1. The minimum Gasteiger partial charge on any atom is -0.478 e. The highest BCUT2D eigenvalue weighted by Gasteiger charge is 2.34. The molecule has 2 nitrogen and oxygen atoms in total. The molecule has 2 aromatic rings. The summed E-state index contributed by atoms with van der Waals surface area (Å²) >= 11 is 0. The monoisotopic (exact) mass is 280 g/mol. The molecule has 0 aromatic heterocycles. The Labute approximate surface area is 113 Å². The number of hydrogen-bond acceptors (Lipinski definition) is 1. The van der Waals surface area contributed by atoms with E-state index in [1.54, 1.807) is 42.5 Å². The fourth-order valence-corrected chi connectivity index (χ4v) is 2.03. The van der Waals surface area contributed by atoms with Crippen LogP contribution >= 0.6 is 0 Å². The lowest BCUT2D eigenvalue weighted by molar-refractivity contribution is -0.132. The van der Waals surface area contributed by atoms with Crippen LogP contribution in [0.1, 0.15) is 5.56 Å². The molecule has 2 aromatic carbocycles. The summed E-state index contributed by atoms with van der Waals surface area (Å²) in [6.45, 7) is 0. The highest BCUT2D eigenvalue weighted by atomic mass is 19.4. The molecular formula is C15H11F3O2. The molecule has 0 aliphatic rings. The second-order valence-corrected chi connectivity index (χ2v) is 4.32. The van der Waals surface area contributed by atoms with Gasteiger partial charge in [-0.3, -0.25) is 0 Å². The molecule has 0 unspecified atom stereocenters. The zero-order valence-corrected chi connectivity index (χ0v) is 10.3. The molecule has 0 radical (unpaired) electrons. The van der Waals surface area contributed by atoms with Gasteiger partial charge >= 0.3 is 12.1 Å². The minimum absolute atomic E-state index is 0.224. The van der Waals surface area contributed by atoms with E-state index in [9.17, 15) is 18.0 Å². The predicted molar refractivity (Wildman–Crippen MR) is 69.4 cm³/mol. The Bertz CT molecular complexity index is 667. The van der Waals surface area contributed by atoms with Crippen molar-refractivity contribution in [2.24, 2.45) is 0 Å². The van der Waals surface area contributed by atoms with Crippen molar-refractivity contribution in [1.82, 2.24) is 0 Å². The number of rotatable bonds is 3. The molecule has 2 rings (SSSR count). The van der Waals surface area contributed by atoms with Crippen molar-refractivity contribution in [3.63, 3.8) is 0 Å². The van der Waals surface area contributed by atoms with Crippen LogP contribution in [0.4, 0.5) is 13.2 Å². The fourth-order valence-electron chi connectivity index (χ4n) is 2.03. The quantitative estimate of drug-likeness (QED) is 0.864. The largest absolute Gasteiger partial charge is 0.478 e. The summed E-state index contributed by atoms with van der Waals surface area (Å²) < 4.78 is 38.5. The van der Waals surface area contributed by atoms with E-state index in [1.165, 1.54) is 0 Å². The number of alkyl halides is 3. The van der Waals surface area contributed by atoms with Crippen LogP contribution in [0.25, 0.3) is 10.8 Å². The molecule has 0 saturated carbocycles. The lowest BCUT2D eigenvalue weighted by Gasteiger charge is -2.12. The van der Waals surface area contributed by atoms with E-state index in [0.29, 0.717) is 10.9 Å². The van der Waals surface area contributed by atoms with Gasteiger partial charge in [-0.15, -0.1) is 0 Å². The highest BCUT2D eigenvalue weighted by molar-refractivity contribution is 5.86. The van der Waals surface area contributed by atoms with Gasteiger partial charge in [0.1, 0.15) is 0 Å². The molecule has 0 aliphatic heterocycles. The SMILES string of the molecule is O=C(O)/C=C(\Cc1cccc2ccccc12)C(F)(F)F. The van der Waals surface area contributed by atoms with Crippen LogP contribution < -0.4 is 0 Å². The van der Waals surface area contributed by atoms with Gasteiger partial charge in [0.2, 0.25) is 0 Å². The second kappa shape index (κ2) is 5.36. The number of aliphatic carboxylic acids is 1. The van der Waals surface area contributed by atoms with Gasteiger partial charge in [0.15, 0.2) is 0 Å². The summed E-state index contributed by atoms with van der Waals surface area (Å²) in [6, 6.07) is 12.1. The van der Waals surface area contributed by atoms with E-state index in [0.717, 1.165) is 5.39 Å². The fraction of sp³-hybridized carbons (Fsp3) is 0.133. The topological polar surface area (TPSA) is 37.3 Å². The molecule has 0 aliphatic carbocycles. The Balaban J connectivity index is 2.47. The van der Waals surface area contributed by atoms with Crippen LogP contribution in [0, 0.1) is 0 Å².